The van der Waals surface area contributed by atoms with Crippen LogP contribution in [0.3, 0.4) is 0 Å². The van der Waals surface area contributed by atoms with E-state index in [0.717, 1.165) is 24.5 Å². The SMILES string of the molecule is C#CCN(Cc1ccccn1)Cc1ccccn1. The average molecular weight is 237 g/mol. The molecule has 0 N–H and O–H groups in total. The van der Waals surface area contributed by atoms with Crippen LogP contribution in [0, 0.1) is 12.3 Å². The zero-order valence-electron chi connectivity index (χ0n) is 10.2. The molecule has 2 rings (SSSR count). The fraction of sp³-hybridized carbons (Fsp3) is 0.200. The van der Waals surface area contributed by atoms with Crippen molar-refractivity contribution in [3.8, 4) is 12.3 Å². The first-order chi connectivity index (χ1) is 8.88. The standard InChI is InChI=1S/C15H15N3/c1-2-11-18(12-14-7-3-5-9-16-14)13-15-8-4-6-10-17-15/h1,3-10H,11-13H2. The number of hydrogen-bond acceptors (Lipinski definition) is 3. The van der Waals surface area contributed by atoms with Crippen LogP contribution < -0.4 is 0 Å². The number of terminal acetylenes is 1. The van der Waals surface area contributed by atoms with Gasteiger partial charge in [-0.1, -0.05) is 18.1 Å². The number of aromatic nitrogens is 2. The number of hydrogen-bond donors (Lipinski definition) is 0. The molecule has 0 radical (unpaired) electrons. The molecule has 0 aromatic carbocycles. The summed E-state index contributed by atoms with van der Waals surface area (Å²) < 4.78 is 0. The van der Waals surface area contributed by atoms with Gasteiger partial charge in [0.05, 0.1) is 17.9 Å². The van der Waals surface area contributed by atoms with Crippen molar-refractivity contribution in [2.45, 2.75) is 13.1 Å². The van der Waals surface area contributed by atoms with Gasteiger partial charge >= 0.3 is 0 Å². The van der Waals surface area contributed by atoms with Gasteiger partial charge in [-0.25, -0.2) is 0 Å². The molecule has 3 heteroatoms. The third-order valence-electron chi connectivity index (χ3n) is 2.54. The van der Waals surface area contributed by atoms with Crippen LogP contribution in [0.5, 0.6) is 0 Å². The lowest BCUT2D eigenvalue weighted by Gasteiger charge is -2.18. The van der Waals surface area contributed by atoms with Crippen molar-refractivity contribution >= 4 is 0 Å². The predicted molar refractivity (Wildman–Crippen MR) is 71.4 cm³/mol. The van der Waals surface area contributed by atoms with E-state index in [2.05, 4.69) is 20.8 Å². The molecule has 0 aliphatic heterocycles. The Kier molecular flexibility index (Phi) is 4.46. The Morgan fingerprint density at radius 1 is 0.944 bits per heavy atom. The molecule has 0 aliphatic carbocycles. The minimum Gasteiger partial charge on any atom is -0.281 e. The Balaban J connectivity index is 2.03. The van der Waals surface area contributed by atoms with Gasteiger partial charge in [-0.3, -0.25) is 14.9 Å². The molecule has 90 valence electrons. The normalized spacial score (nSPS) is 10.2. The lowest BCUT2D eigenvalue weighted by atomic mass is 10.3. The monoisotopic (exact) mass is 237 g/mol. The van der Waals surface area contributed by atoms with E-state index in [1.54, 1.807) is 12.4 Å². The fourth-order valence-corrected chi connectivity index (χ4v) is 1.74. The van der Waals surface area contributed by atoms with Gasteiger partial charge in [0.1, 0.15) is 0 Å². The smallest absolute Gasteiger partial charge is 0.0606 e. The lowest BCUT2D eigenvalue weighted by molar-refractivity contribution is 0.283. The van der Waals surface area contributed by atoms with Gasteiger partial charge in [-0.05, 0) is 24.3 Å². The summed E-state index contributed by atoms with van der Waals surface area (Å²) in [4.78, 5) is 10.8. The van der Waals surface area contributed by atoms with Crippen LogP contribution in [0.25, 0.3) is 0 Å². The lowest BCUT2D eigenvalue weighted by Crippen LogP contribution is -2.24. The molecule has 0 unspecified atom stereocenters. The summed E-state index contributed by atoms with van der Waals surface area (Å²) in [5, 5.41) is 0. The van der Waals surface area contributed by atoms with E-state index in [1.165, 1.54) is 0 Å². The number of rotatable bonds is 5. The van der Waals surface area contributed by atoms with Crippen LogP contribution in [0.2, 0.25) is 0 Å². The van der Waals surface area contributed by atoms with Crippen LogP contribution in [0.15, 0.2) is 48.8 Å². The molecule has 18 heavy (non-hydrogen) atoms. The van der Waals surface area contributed by atoms with E-state index in [-0.39, 0.29) is 0 Å². The largest absolute Gasteiger partial charge is 0.281 e. The summed E-state index contributed by atoms with van der Waals surface area (Å²) >= 11 is 0. The fourth-order valence-electron chi connectivity index (χ4n) is 1.74. The van der Waals surface area contributed by atoms with Gasteiger partial charge < -0.3 is 0 Å². The molecular weight excluding hydrogens is 222 g/mol. The molecule has 0 bridgehead atoms. The second-order valence-electron chi connectivity index (χ2n) is 3.99. The van der Waals surface area contributed by atoms with Crippen molar-refractivity contribution in [3.05, 3.63) is 60.2 Å². The minimum absolute atomic E-state index is 0.590. The van der Waals surface area contributed by atoms with E-state index in [1.807, 2.05) is 36.4 Å². The number of pyridine rings is 2. The first kappa shape index (κ1) is 12.3. The van der Waals surface area contributed by atoms with Crippen LogP contribution in [0.1, 0.15) is 11.4 Å². The van der Waals surface area contributed by atoms with Crippen LogP contribution in [-0.4, -0.2) is 21.4 Å². The molecule has 3 nitrogen and oxygen atoms in total. The highest BCUT2D eigenvalue weighted by atomic mass is 15.1. The Hall–Kier alpha value is -2.18. The maximum atomic E-state index is 5.40. The summed E-state index contributed by atoms with van der Waals surface area (Å²) in [5.74, 6) is 2.68. The molecular formula is C15H15N3. The van der Waals surface area contributed by atoms with Gasteiger partial charge in [-0.15, -0.1) is 6.42 Å². The van der Waals surface area contributed by atoms with Crippen LogP contribution in [-0.2, 0) is 13.1 Å². The maximum absolute atomic E-state index is 5.40. The van der Waals surface area contributed by atoms with Gasteiger partial charge in [0.2, 0.25) is 0 Å². The molecule has 0 spiro atoms. The van der Waals surface area contributed by atoms with E-state index in [0.29, 0.717) is 6.54 Å². The third-order valence-corrected chi connectivity index (χ3v) is 2.54. The first-order valence-corrected chi connectivity index (χ1v) is 5.84. The van der Waals surface area contributed by atoms with E-state index >= 15 is 0 Å². The molecule has 0 atom stereocenters. The molecule has 0 aliphatic rings. The maximum Gasteiger partial charge on any atom is 0.0606 e. The van der Waals surface area contributed by atoms with Gasteiger partial charge in [0, 0.05) is 25.5 Å². The van der Waals surface area contributed by atoms with E-state index < -0.39 is 0 Å². The summed E-state index contributed by atoms with van der Waals surface area (Å²) in [6, 6.07) is 11.8. The highest BCUT2D eigenvalue weighted by Crippen LogP contribution is 2.05. The Bertz CT molecular complexity index is 461. The van der Waals surface area contributed by atoms with Gasteiger partial charge in [-0.2, -0.15) is 0 Å². The van der Waals surface area contributed by atoms with Crippen molar-refractivity contribution in [3.63, 3.8) is 0 Å². The van der Waals surface area contributed by atoms with Crippen molar-refractivity contribution in [2.75, 3.05) is 6.54 Å². The Labute approximate surface area is 108 Å². The minimum atomic E-state index is 0.590. The second kappa shape index (κ2) is 6.53. The molecule has 0 saturated heterocycles. The highest BCUT2D eigenvalue weighted by molar-refractivity contribution is 5.07. The molecule has 2 heterocycles. The summed E-state index contributed by atoms with van der Waals surface area (Å²) in [6.45, 7) is 2.07. The Morgan fingerprint density at radius 3 is 1.89 bits per heavy atom. The van der Waals surface area contributed by atoms with Gasteiger partial charge in [0.25, 0.3) is 0 Å². The quantitative estimate of drug-likeness (QED) is 0.746. The van der Waals surface area contributed by atoms with Crippen LogP contribution in [0.4, 0.5) is 0 Å². The molecule has 2 aromatic rings. The highest BCUT2D eigenvalue weighted by Gasteiger charge is 2.06. The van der Waals surface area contributed by atoms with Gasteiger partial charge in [0.15, 0.2) is 0 Å². The average Bonchev–Trinajstić information content (AvgIpc) is 2.41. The zero-order valence-corrected chi connectivity index (χ0v) is 10.2. The Morgan fingerprint density at radius 2 is 1.50 bits per heavy atom. The topological polar surface area (TPSA) is 29.0 Å². The second-order valence-corrected chi connectivity index (χ2v) is 3.99. The predicted octanol–water partition coefficient (Wildman–Crippen LogP) is 2.11. The summed E-state index contributed by atoms with van der Waals surface area (Å²) in [6.07, 6.45) is 9.00. The molecule has 2 aromatic heterocycles. The zero-order chi connectivity index (χ0) is 12.6. The van der Waals surface area contributed by atoms with E-state index in [9.17, 15) is 0 Å². The molecule has 0 amide bonds. The van der Waals surface area contributed by atoms with Crippen LogP contribution >= 0.6 is 0 Å². The summed E-state index contributed by atoms with van der Waals surface area (Å²) in [5.41, 5.74) is 2.03. The molecule has 0 saturated carbocycles. The summed E-state index contributed by atoms with van der Waals surface area (Å²) in [7, 11) is 0. The molecule has 0 fully saturated rings. The number of nitrogens with zero attached hydrogens (tertiary/aromatic N) is 3. The van der Waals surface area contributed by atoms with Crippen molar-refractivity contribution in [2.24, 2.45) is 0 Å². The van der Waals surface area contributed by atoms with Crippen molar-refractivity contribution in [1.82, 2.24) is 14.9 Å². The van der Waals surface area contributed by atoms with Crippen molar-refractivity contribution < 1.29 is 0 Å². The third kappa shape index (κ3) is 3.69. The first-order valence-electron chi connectivity index (χ1n) is 5.84. The van der Waals surface area contributed by atoms with E-state index in [4.69, 9.17) is 6.42 Å². The van der Waals surface area contributed by atoms with Crippen molar-refractivity contribution in [1.29, 1.82) is 0 Å².